The molecule has 3 N–H and O–H groups in total. The van der Waals surface area contributed by atoms with Gasteiger partial charge in [0.1, 0.15) is 6.54 Å². The van der Waals surface area contributed by atoms with Gasteiger partial charge >= 0.3 is 12.0 Å². The summed E-state index contributed by atoms with van der Waals surface area (Å²) in [4.78, 5) is 37.9. The molecule has 1 saturated heterocycles. The van der Waals surface area contributed by atoms with E-state index in [1.165, 1.54) is 0 Å². The molecule has 0 bridgehead atoms. The van der Waals surface area contributed by atoms with Crippen molar-refractivity contribution >= 4 is 34.5 Å². The van der Waals surface area contributed by atoms with Crippen LogP contribution < -0.4 is 10.6 Å². The molecule has 3 amide bonds. The molecule has 1 aromatic carbocycles. The summed E-state index contributed by atoms with van der Waals surface area (Å²) < 4.78 is 1.82. The van der Waals surface area contributed by atoms with E-state index in [1.54, 1.807) is 11.9 Å². The summed E-state index contributed by atoms with van der Waals surface area (Å²) in [5, 5.41) is 16.1. The Labute approximate surface area is 162 Å². The van der Waals surface area contributed by atoms with Crippen LogP contribution in [0.25, 0.3) is 10.9 Å². The number of nitrogens with one attached hydrogen (secondary N) is 2. The van der Waals surface area contributed by atoms with Crippen molar-refractivity contribution in [3.63, 3.8) is 0 Å². The minimum Gasteiger partial charge on any atom is -0.481 e. The van der Waals surface area contributed by atoms with Gasteiger partial charge in [-0.3, -0.25) is 9.59 Å². The summed E-state index contributed by atoms with van der Waals surface area (Å²) in [5.41, 5.74) is 0.682. The number of nitrogens with zero attached hydrogens (tertiary/aromatic N) is 2. The van der Waals surface area contributed by atoms with Crippen molar-refractivity contribution in [2.75, 3.05) is 25.5 Å². The van der Waals surface area contributed by atoms with Crippen LogP contribution in [0.4, 0.5) is 10.5 Å². The third-order valence-electron chi connectivity index (χ3n) is 6.20. The number of urea groups is 1. The first-order valence-corrected chi connectivity index (χ1v) is 9.52. The smallest absolute Gasteiger partial charge is 0.321 e. The van der Waals surface area contributed by atoms with Crippen LogP contribution in [0.1, 0.15) is 19.3 Å². The number of aliphatic carboxylic acids is 1. The predicted octanol–water partition coefficient (Wildman–Crippen LogP) is 2.11. The maximum absolute atomic E-state index is 12.7. The van der Waals surface area contributed by atoms with Crippen LogP contribution in [0, 0.1) is 11.3 Å². The predicted molar refractivity (Wildman–Crippen MR) is 104 cm³/mol. The Morgan fingerprint density at radius 1 is 1.29 bits per heavy atom. The average Bonchev–Trinajstić information content (AvgIpc) is 3.34. The molecule has 2 heterocycles. The first-order chi connectivity index (χ1) is 13.4. The Morgan fingerprint density at radius 2 is 2.11 bits per heavy atom. The summed E-state index contributed by atoms with van der Waals surface area (Å²) in [6.07, 6.45) is 4.24. The molecular weight excluding hydrogens is 360 g/mol. The number of anilines is 1. The second kappa shape index (κ2) is 6.85. The Kier molecular flexibility index (Phi) is 4.49. The highest BCUT2D eigenvalue weighted by Gasteiger charge is 2.55. The molecule has 2 aromatic rings. The lowest BCUT2D eigenvalue weighted by atomic mass is 9.81. The maximum Gasteiger partial charge on any atom is 0.321 e. The lowest BCUT2D eigenvalue weighted by Crippen LogP contribution is -2.38. The van der Waals surface area contributed by atoms with Gasteiger partial charge in [-0.15, -0.1) is 0 Å². The lowest BCUT2D eigenvalue weighted by Gasteiger charge is -2.23. The quantitative estimate of drug-likeness (QED) is 0.751. The highest BCUT2D eigenvalue weighted by atomic mass is 16.4. The second-order valence-electron chi connectivity index (χ2n) is 7.75. The lowest BCUT2D eigenvalue weighted by molar-refractivity contribution is -0.149. The normalized spacial score (nSPS) is 23.6. The SMILES string of the molecule is CNC(=O)Cn1ccc2ccc(NC(=O)N3C[C@@H]4CCC[C@@]4(C(=O)O)C3)cc21. The number of hydrogen-bond donors (Lipinski definition) is 3. The summed E-state index contributed by atoms with van der Waals surface area (Å²) in [6.45, 7) is 0.938. The van der Waals surface area contributed by atoms with E-state index < -0.39 is 11.4 Å². The molecule has 2 aliphatic rings. The third kappa shape index (κ3) is 2.98. The summed E-state index contributed by atoms with van der Waals surface area (Å²) >= 11 is 0. The Balaban J connectivity index is 1.50. The van der Waals surface area contributed by atoms with Crippen LogP contribution in [0.15, 0.2) is 30.5 Å². The van der Waals surface area contributed by atoms with Crippen molar-refractivity contribution in [3.05, 3.63) is 30.5 Å². The Hall–Kier alpha value is -3.03. The van der Waals surface area contributed by atoms with E-state index in [4.69, 9.17) is 0 Å². The number of likely N-dealkylation sites (N-methyl/N-ethyl adjacent to an activating group) is 1. The fraction of sp³-hybridized carbons (Fsp3) is 0.450. The van der Waals surface area contributed by atoms with Crippen LogP contribution in [0.3, 0.4) is 0 Å². The summed E-state index contributed by atoms with van der Waals surface area (Å²) in [5.74, 6) is -0.865. The van der Waals surface area contributed by atoms with Gasteiger partial charge in [0.15, 0.2) is 0 Å². The Bertz CT molecular complexity index is 953. The molecule has 1 aliphatic heterocycles. The van der Waals surface area contributed by atoms with E-state index in [1.807, 2.05) is 35.0 Å². The van der Waals surface area contributed by atoms with Gasteiger partial charge in [-0.2, -0.15) is 0 Å². The van der Waals surface area contributed by atoms with Gasteiger partial charge in [0, 0.05) is 32.0 Å². The van der Waals surface area contributed by atoms with Crippen LogP contribution in [-0.2, 0) is 16.1 Å². The van der Waals surface area contributed by atoms with E-state index in [2.05, 4.69) is 10.6 Å². The zero-order chi connectivity index (χ0) is 19.9. The second-order valence-corrected chi connectivity index (χ2v) is 7.75. The third-order valence-corrected chi connectivity index (χ3v) is 6.20. The number of fused-ring (bicyclic) bond motifs is 2. The molecule has 0 radical (unpaired) electrons. The minimum atomic E-state index is -0.793. The van der Waals surface area contributed by atoms with Crippen molar-refractivity contribution in [2.24, 2.45) is 11.3 Å². The molecule has 1 aliphatic carbocycles. The number of carboxylic acid groups (broad SMARTS) is 1. The maximum atomic E-state index is 12.7. The summed E-state index contributed by atoms with van der Waals surface area (Å²) in [6, 6.07) is 7.18. The molecule has 8 heteroatoms. The highest BCUT2D eigenvalue weighted by Crippen LogP contribution is 2.48. The fourth-order valence-electron chi connectivity index (χ4n) is 4.63. The van der Waals surface area contributed by atoms with Gasteiger partial charge in [0.25, 0.3) is 0 Å². The fourth-order valence-corrected chi connectivity index (χ4v) is 4.63. The largest absolute Gasteiger partial charge is 0.481 e. The zero-order valence-corrected chi connectivity index (χ0v) is 15.8. The van der Waals surface area contributed by atoms with Crippen molar-refractivity contribution in [1.82, 2.24) is 14.8 Å². The molecule has 2 fully saturated rings. The van der Waals surface area contributed by atoms with Gasteiger partial charge < -0.3 is 25.2 Å². The van der Waals surface area contributed by atoms with Crippen LogP contribution in [-0.4, -0.2) is 52.6 Å². The number of carboxylic acids is 1. The first kappa shape index (κ1) is 18.3. The van der Waals surface area contributed by atoms with E-state index in [-0.39, 0.29) is 30.9 Å². The topological polar surface area (TPSA) is 104 Å². The molecule has 2 atom stereocenters. The summed E-state index contributed by atoms with van der Waals surface area (Å²) in [7, 11) is 1.59. The van der Waals surface area contributed by atoms with Gasteiger partial charge in [-0.25, -0.2) is 4.79 Å². The highest BCUT2D eigenvalue weighted by molar-refractivity contribution is 5.94. The molecule has 0 unspecified atom stereocenters. The van der Waals surface area contributed by atoms with E-state index in [0.717, 1.165) is 23.7 Å². The van der Waals surface area contributed by atoms with Crippen molar-refractivity contribution in [3.8, 4) is 0 Å². The molecule has 1 saturated carbocycles. The standard InChI is InChI=1S/C20H24N4O4/c1-21-17(25)11-23-8-6-13-4-5-15(9-16(13)23)22-19(28)24-10-14-3-2-7-20(14,12-24)18(26)27/h4-6,8-9,14H,2-3,7,10-12H2,1H3,(H,21,25)(H,22,28)(H,26,27)/t14-,20+/m0/s1. The molecule has 8 nitrogen and oxygen atoms in total. The number of likely N-dealkylation sites (tertiary alicyclic amines) is 1. The molecule has 4 rings (SSSR count). The number of aromatic nitrogens is 1. The van der Waals surface area contributed by atoms with E-state index in [9.17, 15) is 19.5 Å². The molecule has 28 heavy (non-hydrogen) atoms. The van der Waals surface area contributed by atoms with E-state index in [0.29, 0.717) is 18.7 Å². The first-order valence-electron chi connectivity index (χ1n) is 9.52. The minimum absolute atomic E-state index is 0.0306. The van der Waals surface area contributed by atoms with Gasteiger partial charge in [-0.05, 0) is 42.3 Å². The van der Waals surface area contributed by atoms with Gasteiger partial charge in [-0.1, -0.05) is 12.5 Å². The van der Waals surface area contributed by atoms with Crippen LogP contribution >= 0.6 is 0 Å². The monoisotopic (exact) mass is 384 g/mol. The molecular formula is C20H24N4O4. The number of hydrogen-bond acceptors (Lipinski definition) is 3. The van der Waals surface area contributed by atoms with Crippen LogP contribution in [0.2, 0.25) is 0 Å². The Morgan fingerprint density at radius 3 is 2.82 bits per heavy atom. The van der Waals surface area contributed by atoms with Crippen molar-refractivity contribution in [2.45, 2.75) is 25.8 Å². The van der Waals surface area contributed by atoms with Crippen molar-refractivity contribution in [1.29, 1.82) is 0 Å². The number of rotatable bonds is 4. The average molecular weight is 384 g/mol. The van der Waals surface area contributed by atoms with Gasteiger partial charge in [0.2, 0.25) is 5.91 Å². The number of carbonyl (C=O) groups excluding carboxylic acids is 2. The molecule has 148 valence electrons. The van der Waals surface area contributed by atoms with E-state index >= 15 is 0 Å². The number of amides is 3. The molecule has 1 aromatic heterocycles. The zero-order valence-electron chi connectivity index (χ0n) is 15.8. The van der Waals surface area contributed by atoms with Gasteiger partial charge in [0.05, 0.1) is 10.9 Å². The van der Waals surface area contributed by atoms with Crippen molar-refractivity contribution < 1.29 is 19.5 Å². The number of benzene rings is 1. The van der Waals surface area contributed by atoms with Crippen LogP contribution in [0.5, 0.6) is 0 Å². The molecule has 0 spiro atoms. The number of carbonyl (C=O) groups is 3.